The Morgan fingerprint density at radius 2 is 1.77 bits per heavy atom. The number of hydrogen-bond acceptors (Lipinski definition) is 3. The Bertz CT molecular complexity index is 1350. The molecule has 2 heterocycles. The van der Waals surface area contributed by atoms with E-state index in [-0.39, 0.29) is 17.6 Å². The number of Topliss-reactive ketones (excluding diaryl/α,β-unsaturated/α-hetero) is 1. The molecule has 30 heavy (non-hydrogen) atoms. The summed E-state index contributed by atoms with van der Waals surface area (Å²) in [5, 5.41) is 6.42. The minimum atomic E-state index is -0.477. The zero-order chi connectivity index (χ0) is 20.7. The van der Waals surface area contributed by atoms with Crippen molar-refractivity contribution in [2.45, 2.75) is 6.04 Å². The number of fused-ring (bicyclic) bond motifs is 4. The molecule has 1 aliphatic rings. The molecule has 1 atom stereocenters. The average Bonchev–Trinajstić information content (AvgIpc) is 2.78. The molecule has 4 aromatic rings. The number of ketones is 1. The van der Waals surface area contributed by atoms with Crippen molar-refractivity contribution >= 4 is 62.4 Å². The molecule has 0 radical (unpaired) electrons. The summed E-state index contributed by atoms with van der Waals surface area (Å²) in [4.78, 5) is 29.8. The van der Waals surface area contributed by atoms with Gasteiger partial charge in [0, 0.05) is 23.2 Å². The van der Waals surface area contributed by atoms with Crippen LogP contribution in [0.25, 0.3) is 21.5 Å². The molecule has 146 valence electrons. The van der Waals surface area contributed by atoms with E-state index in [1.54, 1.807) is 6.21 Å². The molecule has 1 unspecified atom stereocenters. The van der Waals surface area contributed by atoms with Gasteiger partial charge >= 0.3 is 0 Å². The standard InChI is InChI=1S/C24H16ClN3O2/c25-13-22(29)27-19-6-4-5-15-12-18-16(11-17(15)19)7-8-20-23(18)24(30)21(14-26-20)28-9-2-1-3-10-28/h1-12,14,21H,13H2/p+1. The van der Waals surface area contributed by atoms with E-state index in [0.29, 0.717) is 16.9 Å². The van der Waals surface area contributed by atoms with Crippen LogP contribution in [-0.2, 0) is 4.79 Å². The van der Waals surface area contributed by atoms with Gasteiger partial charge in [0.05, 0.1) is 17.5 Å². The first-order chi connectivity index (χ1) is 14.7. The van der Waals surface area contributed by atoms with Crippen molar-refractivity contribution in [2.75, 3.05) is 11.2 Å². The Morgan fingerprint density at radius 1 is 1.00 bits per heavy atom. The maximum absolute atomic E-state index is 13.4. The van der Waals surface area contributed by atoms with Gasteiger partial charge in [0.25, 0.3) is 6.04 Å². The van der Waals surface area contributed by atoms with Gasteiger partial charge in [0.15, 0.2) is 12.4 Å². The first-order valence-electron chi connectivity index (χ1n) is 9.55. The van der Waals surface area contributed by atoms with Crippen LogP contribution in [0.1, 0.15) is 16.4 Å². The molecule has 6 heteroatoms. The lowest BCUT2D eigenvalue weighted by atomic mass is 9.92. The van der Waals surface area contributed by atoms with Crippen LogP contribution >= 0.6 is 11.6 Å². The number of carbonyl (C=O) groups excluding carboxylic acids is 2. The molecule has 1 aromatic heterocycles. The van der Waals surface area contributed by atoms with Crippen LogP contribution in [0.15, 0.2) is 78.0 Å². The Hall–Kier alpha value is -3.57. The first-order valence-corrected chi connectivity index (χ1v) is 10.1. The van der Waals surface area contributed by atoms with E-state index in [4.69, 9.17) is 11.6 Å². The number of alkyl halides is 1. The fraction of sp³-hybridized carbons (Fsp3) is 0.0833. The van der Waals surface area contributed by atoms with Crippen LogP contribution < -0.4 is 9.88 Å². The fourth-order valence-corrected chi connectivity index (χ4v) is 3.99. The highest BCUT2D eigenvalue weighted by atomic mass is 35.5. The number of nitrogens with one attached hydrogen (secondary N) is 1. The zero-order valence-corrected chi connectivity index (χ0v) is 16.6. The lowest BCUT2D eigenvalue weighted by Gasteiger charge is -2.17. The van der Waals surface area contributed by atoms with Crippen LogP contribution in [0.4, 0.5) is 11.4 Å². The molecule has 5 nitrogen and oxygen atoms in total. The van der Waals surface area contributed by atoms with Crippen molar-refractivity contribution in [1.82, 2.24) is 0 Å². The predicted octanol–water partition coefficient (Wildman–Crippen LogP) is 4.60. The van der Waals surface area contributed by atoms with Gasteiger partial charge in [-0.1, -0.05) is 24.3 Å². The molecule has 1 amide bonds. The van der Waals surface area contributed by atoms with Crippen molar-refractivity contribution in [3.63, 3.8) is 0 Å². The molecular weight excluding hydrogens is 398 g/mol. The number of aromatic nitrogens is 1. The summed E-state index contributed by atoms with van der Waals surface area (Å²) in [6, 6.07) is 18.7. The maximum atomic E-state index is 13.4. The van der Waals surface area contributed by atoms with Crippen molar-refractivity contribution in [3.8, 4) is 0 Å². The average molecular weight is 415 g/mol. The molecule has 0 spiro atoms. The quantitative estimate of drug-likeness (QED) is 0.302. The van der Waals surface area contributed by atoms with E-state index in [1.807, 2.05) is 77.6 Å². The van der Waals surface area contributed by atoms with Crippen molar-refractivity contribution in [2.24, 2.45) is 4.99 Å². The Balaban J connectivity index is 1.69. The monoisotopic (exact) mass is 414 g/mol. The summed E-state index contributed by atoms with van der Waals surface area (Å²) in [6.07, 6.45) is 5.43. The summed E-state index contributed by atoms with van der Waals surface area (Å²) in [7, 11) is 0. The smallest absolute Gasteiger partial charge is 0.256 e. The topological polar surface area (TPSA) is 62.4 Å². The van der Waals surface area contributed by atoms with Gasteiger partial charge in [-0.05, 0) is 40.4 Å². The molecule has 1 N–H and O–H groups in total. The highest BCUT2D eigenvalue weighted by molar-refractivity contribution is 6.29. The molecule has 0 aliphatic carbocycles. The highest BCUT2D eigenvalue weighted by Gasteiger charge is 2.33. The SMILES string of the molecule is O=C(CCl)Nc1cccc2cc3c4c(ccc3cc12)N=CC([n+]1ccccc1)C4=O. The Labute approximate surface area is 177 Å². The molecule has 1 aliphatic heterocycles. The Kier molecular flexibility index (Phi) is 4.52. The van der Waals surface area contributed by atoms with E-state index >= 15 is 0 Å². The lowest BCUT2D eigenvalue weighted by Crippen LogP contribution is -2.45. The number of amides is 1. The van der Waals surface area contributed by atoms with E-state index in [1.165, 1.54) is 0 Å². The first kappa shape index (κ1) is 18.5. The number of aliphatic imine (C=N–C) groups is 1. The molecule has 5 rings (SSSR count). The van der Waals surface area contributed by atoms with Gasteiger partial charge < -0.3 is 5.32 Å². The van der Waals surface area contributed by atoms with E-state index in [2.05, 4.69) is 10.3 Å². The molecule has 0 saturated carbocycles. The minimum absolute atomic E-state index is 0.00717. The van der Waals surface area contributed by atoms with Crippen LogP contribution in [0, 0.1) is 0 Å². The number of hydrogen-bond donors (Lipinski definition) is 1. The third kappa shape index (κ3) is 3.04. The van der Waals surface area contributed by atoms with Gasteiger partial charge in [-0.15, -0.1) is 11.6 Å². The normalized spacial score (nSPS) is 15.4. The molecule has 0 bridgehead atoms. The predicted molar refractivity (Wildman–Crippen MR) is 119 cm³/mol. The lowest BCUT2D eigenvalue weighted by molar-refractivity contribution is -0.691. The van der Waals surface area contributed by atoms with Gasteiger partial charge in [-0.2, -0.15) is 4.57 Å². The van der Waals surface area contributed by atoms with Crippen molar-refractivity contribution < 1.29 is 14.2 Å². The second kappa shape index (κ2) is 7.35. The fourth-order valence-electron chi connectivity index (χ4n) is 3.92. The molecule has 3 aromatic carbocycles. The van der Waals surface area contributed by atoms with Crippen LogP contribution in [0.2, 0.25) is 0 Å². The third-order valence-electron chi connectivity index (χ3n) is 5.32. The second-order valence-electron chi connectivity index (χ2n) is 7.15. The van der Waals surface area contributed by atoms with Crippen molar-refractivity contribution in [3.05, 3.63) is 78.6 Å². The highest BCUT2D eigenvalue weighted by Crippen LogP contribution is 2.36. The van der Waals surface area contributed by atoms with Crippen LogP contribution in [0.5, 0.6) is 0 Å². The van der Waals surface area contributed by atoms with Gasteiger partial charge in [-0.25, -0.2) is 0 Å². The second-order valence-corrected chi connectivity index (χ2v) is 7.42. The number of carbonyl (C=O) groups is 2. The molecule has 0 saturated heterocycles. The van der Waals surface area contributed by atoms with Gasteiger partial charge in [0.1, 0.15) is 5.88 Å². The number of anilines is 1. The van der Waals surface area contributed by atoms with E-state index in [9.17, 15) is 9.59 Å². The number of nitrogens with zero attached hydrogens (tertiary/aromatic N) is 2. The number of halogens is 1. The zero-order valence-electron chi connectivity index (χ0n) is 15.9. The van der Waals surface area contributed by atoms with Gasteiger partial charge in [-0.3, -0.25) is 14.6 Å². The molecule has 0 fully saturated rings. The summed E-state index contributed by atoms with van der Waals surface area (Å²) in [6.45, 7) is 0. The number of rotatable bonds is 3. The Morgan fingerprint density at radius 3 is 2.57 bits per heavy atom. The van der Waals surface area contributed by atoms with E-state index in [0.717, 1.165) is 21.5 Å². The minimum Gasteiger partial charge on any atom is -0.324 e. The number of benzene rings is 3. The maximum Gasteiger partial charge on any atom is 0.256 e. The van der Waals surface area contributed by atoms with Crippen molar-refractivity contribution in [1.29, 1.82) is 0 Å². The summed E-state index contributed by atoms with van der Waals surface area (Å²) in [5.41, 5.74) is 1.99. The van der Waals surface area contributed by atoms with E-state index < -0.39 is 6.04 Å². The number of pyridine rings is 1. The third-order valence-corrected chi connectivity index (χ3v) is 5.56. The summed E-state index contributed by atoms with van der Waals surface area (Å²) >= 11 is 5.64. The summed E-state index contributed by atoms with van der Waals surface area (Å²) < 4.78 is 1.86. The molecular formula is C24H17ClN3O2+. The van der Waals surface area contributed by atoms with Crippen LogP contribution in [0.3, 0.4) is 0 Å². The van der Waals surface area contributed by atoms with Crippen LogP contribution in [-0.4, -0.2) is 23.8 Å². The summed E-state index contributed by atoms with van der Waals surface area (Å²) in [5.74, 6) is -0.364. The van der Waals surface area contributed by atoms with Gasteiger partial charge in [0.2, 0.25) is 11.7 Å². The largest absolute Gasteiger partial charge is 0.324 e.